The van der Waals surface area contributed by atoms with Crippen molar-refractivity contribution >= 4 is 17.9 Å². The Bertz CT molecular complexity index is 350. The molecule has 18 heavy (non-hydrogen) atoms. The number of nitrogens with one attached hydrogen (secondary N) is 1. The maximum absolute atomic E-state index is 11.6. The molecule has 0 aliphatic carbocycles. The van der Waals surface area contributed by atoms with Crippen molar-refractivity contribution in [1.82, 2.24) is 10.2 Å². The maximum atomic E-state index is 11.6. The third-order valence-corrected chi connectivity index (χ3v) is 2.45. The van der Waals surface area contributed by atoms with Crippen LogP contribution in [0.3, 0.4) is 0 Å². The number of carboxylic acids is 1. The number of urea groups is 1. The molecule has 0 spiro atoms. The lowest BCUT2D eigenvalue weighted by atomic mass is 9.89. The van der Waals surface area contributed by atoms with Gasteiger partial charge in [-0.05, 0) is 20.8 Å². The smallest absolute Gasteiger partial charge is 0.324 e. The number of likely N-dealkylation sites (N-methyl/N-ethyl adjacent to an activating group) is 1. The Balaban J connectivity index is 4.44. The highest BCUT2D eigenvalue weighted by atomic mass is 16.4. The summed E-state index contributed by atoms with van der Waals surface area (Å²) in [6.45, 7) is 8.91. The van der Waals surface area contributed by atoms with Crippen molar-refractivity contribution in [2.45, 2.75) is 27.2 Å². The molecule has 0 aliphatic rings. The van der Waals surface area contributed by atoms with E-state index >= 15 is 0 Å². The van der Waals surface area contributed by atoms with Crippen LogP contribution in [-0.2, 0) is 9.59 Å². The molecule has 0 aromatic heterocycles. The number of hydrogen-bond acceptors (Lipinski definition) is 3. The van der Waals surface area contributed by atoms with Crippen LogP contribution in [0.2, 0.25) is 0 Å². The van der Waals surface area contributed by atoms with Crippen molar-refractivity contribution in [2.75, 3.05) is 13.1 Å². The van der Waals surface area contributed by atoms with Crippen LogP contribution in [0.4, 0.5) is 4.79 Å². The van der Waals surface area contributed by atoms with Crippen molar-refractivity contribution in [1.29, 1.82) is 0 Å². The van der Waals surface area contributed by atoms with Crippen LogP contribution in [0.1, 0.15) is 27.2 Å². The van der Waals surface area contributed by atoms with E-state index in [0.29, 0.717) is 13.1 Å². The zero-order valence-corrected chi connectivity index (χ0v) is 11.0. The lowest BCUT2D eigenvalue weighted by Crippen LogP contribution is -2.44. The number of carbonyl (C=O) groups excluding carboxylic acids is 2. The van der Waals surface area contributed by atoms with Gasteiger partial charge in [0.05, 0.1) is 5.41 Å². The highest BCUT2D eigenvalue weighted by molar-refractivity contribution is 5.96. The number of carboxylic acid groups (broad SMARTS) is 1. The van der Waals surface area contributed by atoms with Crippen molar-refractivity contribution in [3.8, 4) is 0 Å². The molecule has 6 heteroatoms. The Morgan fingerprint density at radius 1 is 1.39 bits per heavy atom. The zero-order valence-electron chi connectivity index (χ0n) is 11.0. The molecular weight excluding hydrogens is 236 g/mol. The monoisotopic (exact) mass is 256 g/mol. The second-order valence-corrected chi connectivity index (χ2v) is 4.55. The van der Waals surface area contributed by atoms with Crippen LogP contribution in [0.5, 0.6) is 0 Å². The van der Waals surface area contributed by atoms with E-state index in [1.807, 2.05) is 0 Å². The molecule has 0 heterocycles. The van der Waals surface area contributed by atoms with Gasteiger partial charge in [-0.3, -0.25) is 14.9 Å². The molecule has 0 aromatic rings. The van der Waals surface area contributed by atoms with Gasteiger partial charge in [0.1, 0.15) is 0 Å². The molecule has 0 saturated carbocycles. The summed E-state index contributed by atoms with van der Waals surface area (Å²) in [7, 11) is 0. The van der Waals surface area contributed by atoms with Crippen LogP contribution in [-0.4, -0.2) is 41.0 Å². The SMILES string of the molecule is C=CCN(CC)C(=O)NC(=O)CC(C)(C)C(=O)O. The van der Waals surface area contributed by atoms with E-state index in [2.05, 4.69) is 11.9 Å². The van der Waals surface area contributed by atoms with Gasteiger partial charge < -0.3 is 10.0 Å². The average molecular weight is 256 g/mol. The van der Waals surface area contributed by atoms with Crippen molar-refractivity contribution < 1.29 is 19.5 Å². The number of rotatable bonds is 6. The molecule has 6 nitrogen and oxygen atoms in total. The Kier molecular flexibility index (Phi) is 6.08. The Morgan fingerprint density at radius 2 is 1.94 bits per heavy atom. The van der Waals surface area contributed by atoms with E-state index in [4.69, 9.17) is 5.11 Å². The Hall–Kier alpha value is -1.85. The van der Waals surface area contributed by atoms with Crippen molar-refractivity contribution in [3.05, 3.63) is 12.7 Å². The fourth-order valence-corrected chi connectivity index (χ4v) is 1.23. The van der Waals surface area contributed by atoms with E-state index in [9.17, 15) is 14.4 Å². The first kappa shape index (κ1) is 16.1. The zero-order chi connectivity index (χ0) is 14.3. The standard InChI is InChI=1S/C12H20N2O4/c1-5-7-14(6-2)11(18)13-9(15)8-12(3,4)10(16)17/h5H,1,6-8H2,2-4H3,(H,16,17)(H,13,15,18). The average Bonchev–Trinajstić information content (AvgIpc) is 2.24. The molecular formula is C12H20N2O4. The molecule has 0 fully saturated rings. The first-order chi connectivity index (χ1) is 8.24. The number of hydrogen-bond donors (Lipinski definition) is 2. The second kappa shape index (κ2) is 6.78. The van der Waals surface area contributed by atoms with Gasteiger partial charge in [-0.25, -0.2) is 4.79 Å². The van der Waals surface area contributed by atoms with Gasteiger partial charge in [0.15, 0.2) is 0 Å². The quantitative estimate of drug-likeness (QED) is 0.700. The second-order valence-electron chi connectivity index (χ2n) is 4.55. The molecule has 0 bridgehead atoms. The van der Waals surface area contributed by atoms with Gasteiger partial charge in [0, 0.05) is 19.5 Å². The largest absolute Gasteiger partial charge is 0.481 e. The van der Waals surface area contributed by atoms with Gasteiger partial charge in [0.2, 0.25) is 5.91 Å². The predicted molar refractivity (Wildman–Crippen MR) is 67.0 cm³/mol. The van der Waals surface area contributed by atoms with Crippen molar-refractivity contribution in [2.24, 2.45) is 5.41 Å². The minimum Gasteiger partial charge on any atom is -0.481 e. The summed E-state index contributed by atoms with van der Waals surface area (Å²) in [5, 5.41) is 11.0. The first-order valence-electron chi connectivity index (χ1n) is 5.67. The van der Waals surface area contributed by atoms with Crippen LogP contribution in [0, 0.1) is 5.41 Å². The highest BCUT2D eigenvalue weighted by Crippen LogP contribution is 2.19. The summed E-state index contributed by atoms with van der Waals surface area (Å²) in [6.07, 6.45) is 1.30. The molecule has 0 atom stereocenters. The predicted octanol–water partition coefficient (Wildman–Crippen LogP) is 1.23. The number of amides is 3. The van der Waals surface area contributed by atoms with Crippen LogP contribution < -0.4 is 5.32 Å². The van der Waals surface area contributed by atoms with E-state index in [0.717, 1.165) is 0 Å². The minimum absolute atomic E-state index is 0.250. The topological polar surface area (TPSA) is 86.7 Å². The summed E-state index contributed by atoms with van der Waals surface area (Å²) >= 11 is 0. The molecule has 0 radical (unpaired) electrons. The number of nitrogens with zero attached hydrogens (tertiary/aromatic N) is 1. The first-order valence-corrected chi connectivity index (χ1v) is 5.67. The summed E-state index contributed by atoms with van der Waals surface area (Å²) in [5.74, 6) is -1.68. The molecule has 3 amide bonds. The van der Waals surface area contributed by atoms with E-state index < -0.39 is 23.3 Å². The van der Waals surface area contributed by atoms with E-state index in [-0.39, 0.29) is 6.42 Å². The fourth-order valence-electron chi connectivity index (χ4n) is 1.23. The third-order valence-electron chi connectivity index (χ3n) is 2.45. The van der Waals surface area contributed by atoms with E-state index in [1.165, 1.54) is 18.7 Å². The van der Waals surface area contributed by atoms with Gasteiger partial charge in [-0.2, -0.15) is 0 Å². The van der Waals surface area contributed by atoms with Crippen LogP contribution in [0.15, 0.2) is 12.7 Å². The normalized spacial score (nSPS) is 10.6. The third kappa shape index (κ3) is 4.99. The number of carbonyl (C=O) groups is 3. The van der Waals surface area contributed by atoms with E-state index in [1.54, 1.807) is 13.0 Å². The van der Waals surface area contributed by atoms with Gasteiger partial charge in [-0.15, -0.1) is 6.58 Å². The Morgan fingerprint density at radius 3 is 2.33 bits per heavy atom. The molecule has 0 rings (SSSR count). The van der Waals surface area contributed by atoms with Crippen molar-refractivity contribution in [3.63, 3.8) is 0 Å². The molecule has 0 aliphatic heterocycles. The molecule has 0 aromatic carbocycles. The lowest BCUT2D eigenvalue weighted by molar-refractivity contribution is -0.149. The lowest BCUT2D eigenvalue weighted by Gasteiger charge is -2.21. The summed E-state index contributed by atoms with van der Waals surface area (Å²) < 4.78 is 0. The van der Waals surface area contributed by atoms with Gasteiger partial charge in [0.25, 0.3) is 0 Å². The minimum atomic E-state index is -1.19. The van der Waals surface area contributed by atoms with Crippen LogP contribution >= 0.6 is 0 Å². The molecule has 102 valence electrons. The Labute approximate surface area is 107 Å². The summed E-state index contributed by atoms with van der Waals surface area (Å²) in [4.78, 5) is 35.4. The highest BCUT2D eigenvalue weighted by Gasteiger charge is 2.31. The van der Waals surface area contributed by atoms with Crippen LogP contribution in [0.25, 0.3) is 0 Å². The number of imide groups is 1. The number of aliphatic carboxylic acids is 1. The fraction of sp³-hybridized carbons (Fsp3) is 0.583. The molecule has 0 unspecified atom stereocenters. The maximum Gasteiger partial charge on any atom is 0.324 e. The molecule has 0 saturated heterocycles. The van der Waals surface area contributed by atoms with Gasteiger partial charge >= 0.3 is 12.0 Å². The summed E-state index contributed by atoms with van der Waals surface area (Å²) in [6, 6.07) is -0.538. The molecule has 2 N–H and O–H groups in total. The summed E-state index contributed by atoms with van der Waals surface area (Å²) in [5.41, 5.74) is -1.19. The van der Waals surface area contributed by atoms with Gasteiger partial charge in [-0.1, -0.05) is 6.08 Å².